The quantitative estimate of drug-likeness (QED) is 0.627. The number of ketones is 2. The minimum absolute atomic E-state index is 0.210. The van der Waals surface area contributed by atoms with E-state index in [0.29, 0.717) is 16.7 Å². The molecule has 1 aliphatic rings. The first-order valence-corrected chi connectivity index (χ1v) is 9.47. The zero-order chi connectivity index (χ0) is 22.5. The fourth-order valence-electron chi connectivity index (χ4n) is 3.87. The Kier molecular flexibility index (Phi) is 5.31. The Bertz CT molecular complexity index is 980. The van der Waals surface area contributed by atoms with Crippen LogP contribution in [0.5, 0.6) is 5.75 Å². The molecule has 1 heterocycles. The first kappa shape index (κ1) is 22.0. The van der Waals surface area contributed by atoms with E-state index in [9.17, 15) is 22.8 Å². The van der Waals surface area contributed by atoms with Gasteiger partial charge in [-0.2, -0.15) is 0 Å². The lowest BCUT2D eigenvalue weighted by Gasteiger charge is -2.43. The molecule has 0 unspecified atom stereocenters. The van der Waals surface area contributed by atoms with Gasteiger partial charge in [0, 0.05) is 5.56 Å². The van der Waals surface area contributed by atoms with Gasteiger partial charge in [-0.25, -0.2) is 0 Å². The van der Waals surface area contributed by atoms with E-state index < -0.39 is 23.5 Å². The zero-order valence-electron chi connectivity index (χ0n) is 17.4. The molecular weight excluding hydrogens is 397 g/mol. The van der Waals surface area contributed by atoms with Gasteiger partial charge in [0.2, 0.25) is 0 Å². The molecule has 160 valence electrons. The monoisotopic (exact) mass is 420 g/mol. The van der Waals surface area contributed by atoms with Crippen LogP contribution in [0, 0.1) is 6.92 Å². The van der Waals surface area contributed by atoms with Gasteiger partial charge in [0.15, 0.2) is 11.6 Å². The second kappa shape index (κ2) is 7.23. The second-order valence-corrected chi connectivity index (χ2v) is 8.40. The van der Waals surface area contributed by atoms with Crippen LogP contribution < -0.4 is 4.74 Å². The summed E-state index contributed by atoms with van der Waals surface area (Å²) in [4.78, 5) is 26.2. The SMILES string of the molecule is Cc1ccc(-c2ccccc2OC(F)(F)F)cc1C1C(=O)C(C)(C)OC(C)(C)C1=O. The molecule has 1 saturated heterocycles. The van der Waals surface area contributed by atoms with Crippen molar-refractivity contribution in [2.75, 3.05) is 0 Å². The normalized spacial score (nSPS) is 19.1. The molecule has 0 saturated carbocycles. The molecule has 1 aliphatic heterocycles. The molecule has 2 aromatic carbocycles. The number of hydrogen-bond donors (Lipinski definition) is 0. The fourth-order valence-corrected chi connectivity index (χ4v) is 3.87. The van der Waals surface area contributed by atoms with Gasteiger partial charge < -0.3 is 9.47 Å². The van der Waals surface area contributed by atoms with Crippen LogP contribution in [-0.4, -0.2) is 29.1 Å². The van der Waals surface area contributed by atoms with E-state index in [-0.39, 0.29) is 22.9 Å². The molecule has 1 fully saturated rings. The Labute approximate surface area is 173 Å². The average molecular weight is 420 g/mol. The maximum atomic E-state index is 13.1. The number of ether oxygens (including phenoxy) is 2. The summed E-state index contributed by atoms with van der Waals surface area (Å²) in [5.74, 6) is -2.19. The van der Waals surface area contributed by atoms with Crippen molar-refractivity contribution in [2.24, 2.45) is 0 Å². The molecule has 2 aromatic rings. The van der Waals surface area contributed by atoms with E-state index in [2.05, 4.69) is 4.74 Å². The van der Waals surface area contributed by atoms with Crippen molar-refractivity contribution >= 4 is 11.6 Å². The topological polar surface area (TPSA) is 52.6 Å². The molecule has 0 aromatic heterocycles. The van der Waals surface area contributed by atoms with E-state index in [4.69, 9.17) is 4.74 Å². The van der Waals surface area contributed by atoms with Crippen LogP contribution in [-0.2, 0) is 14.3 Å². The Morgan fingerprint density at radius 2 is 1.50 bits per heavy atom. The van der Waals surface area contributed by atoms with Gasteiger partial charge in [0.1, 0.15) is 22.9 Å². The highest BCUT2D eigenvalue weighted by molar-refractivity contribution is 6.15. The molecular formula is C23H23F3O4. The number of hydrogen-bond acceptors (Lipinski definition) is 4. The zero-order valence-corrected chi connectivity index (χ0v) is 17.4. The molecule has 0 radical (unpaired) electrons. The van der Waals surface area contributed by atoms with Gasteiger partial charge in [-0.1, -0.05) is 30.3 Å². The van der Waals surface area contributed by atoms with Crippen LogP contribution in [0.3, 0.4) is 0 Å². The molecule has 0 aliphatic carbocycles. The van der Waals surface area contributed by atoms with Crippen molar-refractivity contribution in [3.8, 4) is 16.9 Å². The number of para-hydroxylation sites is 1. The lowest BCUT2D eigenvalue weighted by Crippen LogP contribution is -2.58. The van der Waals surface area contributed by atoms with Crippen molar-refractivity contribution in [3.05, 3.63) is 53.6 Å². The van der Waals surface area contributed by atoms with E-state index in [0.717, 1.165) is 0 Å². The van der Waals surface area contributed by atoms with Gasteiger partial charge >= 0.3 is 6.36 Å². The summed E-state index contributed by atoms with van der Waals surface area (Å²) in [5.41, 5.74) is -0.592. The number of alkyl halides is 3. The minimum atomic E-state index is -4.84. The van der Waals surface area contributed by atoms with Crippen LogP contribution in [0.15, 0.2) is 42.5 Å². The van der Waals surface area contributed by atoms with Gasteiger partial charge in [-0.15, -0.1) is 13.2 Å². The average Bonchev–Trinajstić information content (AvgIpc) is 2.60. The number of rotatable bonds is 3. The highest BCUT2D eigenvalue weighted by Gasteiger charge is 2.53. The number of aryl methyl sites for hydroxylation is 1. The standard InChI is InChI=1S/C23H23F3O4/c1-13-10-11-14(15-8-6-7-9-17(15)29-23(24,25)26)12-16(13)18-19(27)21(2,3)30-22(4,5)20(18)28/h6-12,18H,1-5H3. The highest BCUT2D eigenvalue weighted by atomic mass is 19.4. The van der Waals surface area contributed by atoms with E-state index in [1.54, 1.807) is 58.9 Å². The molecule has 0 spiro atoms. The third-order valence-electron chi connectivity index (χ3n) is 5.24. The highest BCUT2D eigenvalue weighted by Crippen LogP contribution is 2.41. The van der Waals surface area contributed by atoms with Crippen LogP contribution in [0.2, 0.25) is 0 Å². The number of carbonyl (C=O) groups is 2. The first-order chi connectivity index (χ1) is 13.7. The van der Waals surface area contributed by atoms with Crippen molar-refractivity contribution < 1.29 is 32.2 Å². The van der Waals surface area contributed by atoms with Crippen molar-refractivity contribution in [1.29, 1.82) is 0 Å². The Balaban J connectivity index is 2.14. The van der Waals surface area contributed by atoms with Gasteiger partial charge in [-0.3, -0.25) is 9.59 Å². The Morgan fingerprint density at radius 3 is 2.07 bits per heavy atom. The van der Waals surface area contributed by atoms with Crippen LogP contribution in [0.25, 0.3) is 11.1 Å². The van der Waals surface area contributed by atoms with Crippen LogP contribution >= 0.6 is 0 Å². The minimum Gasteiger partial charge on any atom is -0.405 e. The summed E-state index contributed by atoms with van der Waals surface area (Å²) < 4.78 is 48.3. The van der Waals surface area contributed by atoms with Crippen molar-refractivity contribution in [1.82, 2.24) is 0 Å². The summed E-state index contributed by atoms with van der Waals surface area (Å²) in [6.07, 6.45) is -4.84. The number of Topliss-reactive ketones (excluding diaryl/α,β-unsaturated/α-hetero) is 2. The van der Waals surface area contributed by atoms with Crippen LogP contribution in [0.4, 0.5) is 13.2 Å². The molecule has 4 nitrogen and oxygen atoms in total. The number of benzene rings is 2. The predicted octanol–water partition coefficient (Wildman–Crippen LogP) is 5.37. The van der Waals surface area contributed by atoms with E-state index in [1.807, 2.05) is 0 Å². The van der Waals surface area contributed by atoms with Crippen molar-refractivity contribution in [3.63, 3.8) is 0 Å². The lowest BCUT2D eigenvalue weighted by molar-refractivity contribution is -0.274. The van der Waals surface area contributed by atoms with Gasteiger partial charge in [0.25, 0.3) is 0 Å². The Hall–Kier alpha value is -2.67. The van der Waals surface area contributed by atoms with E-state index >= 15 is 0 Å². The van der Waals surface area contributed by atoms with E-state index in [1.165, 1.54) is 18.2 Å². The number of carbonyl (C=O) groups excluding carboxylic acids is 2. The van der Waals surface area contributed by atoms with Crippen molar-refractivity contribution in [2.45, 2.75) is 58.1 Å². The third kappa shape index (κ3) is 4.12. The largest absolute Gasteiger partial charge is 0.573 e. The van der Waals surface area contributed by atoms with Gasteiger partial charge in [0.05, 0.1) is 0 Å². The molecule has 30 heavy (non-hydrogen) atoms. The molecule has 0 atom stereocenters. The summed E-state index contributed by atoms with van der Waals surface area (Å²) >= 11 is 0. The summed E-state index contributed by atoms with van der Waals surface area (Å²) in [5, 5.41) is 0. The molecule has 3 rings (SSSR count). The number of halogens is 3. The van der Waals surface area contributed by atoms with Crippen LogP contribution in [0.1, 0.15) is 44.7 Å². The summed E-state index contributed by atoms with van der Waals surface area (Å²) in [7, 11) is 0. The predicted molar refractivity (Wildman–Crippen MR) is 105 cm³/mol. The first-order valence-electron chi connectivity index (χ1n) is 9.47. The lowest BCUT2D eigenvalue weighted by atomic mass is 9.73. The smallest absolute Gasteiger partial charge is 0.405 e. The maximum absolute atomic E-state index is 13.1. The fraction of sp³-hybridized carbons (Fsp3) is 0.391. The molecule has 0 N–H and O–H groups in total. The maximum Gasteiger partial charge on any atom is 0.573 e. The summed E-state index contributed by atoms with van der Waals surface area (Å²) in [6, 6.07) is 10.7. The second-order valence-electron chi connectivity index (χ2n) is 8.40. The molecule has 0 bridgehead atoms. The summed E-state index contributed by atoms with van der Waals surface area (Å²) in [6.45, 7) is 8.21. The molecule has 7 heteroatoms. The Morgan fingerprint density at radius 1 is 0.933 bits per heavy atom. The molecule has 0 amide bonds. The third-order valence-corrected chi connectivity index (χ3v) is 5.24. The van der Waals surface area contributed by atoms with Gasteiger partial charge in [-0.05, 0) is 63.4 Å².